The Balaban J connectivity index is 2.46. The van der Waals surface area contributed by atoms with Crippen LogP contribution in [-0.4, -0.2) is 22.8 Å². The van der Waals surface area contributed by atoms with Gasteiger partial charge >= 0.3 is 11.9 Å². The minimum atomic E-state index is -0.914. The van der Waals surface area contributed by atoms with Crippen molar-refractivity contribution in [1.29, 1.82) is 0 Å². The van der Waals surface area contributed by atoms with Crippen molar-refractivity contribution in [2.75, 3.05) is 0 Å². The maximum atomic E-state index is 10.9. The molecular weight excluding hydrogens is 162 g/mol. The summed E-state index contributed by atoms with van der Waals surface area (Å²) in [5.41, 5.74) is 0.557. The molecule has 66 valence electrons. The first kappa shape index (κ1) is 8.70. The van der Waals surface area contributed by atoms with E-state index in [1.807, 2.05) is 0 Å². The van der Waals surface area contributed by atoms with Gasteiger partial charge in [0.05, 0.1) is 5.71 Å². The lowest BCUT2D eigenvalue weighted by Crippen LogP contribution is -2.17. The molecule has 0 saturated heterocycles. The minimum Gasteiger partial charge on any atom is -0.481 e. The number of carbonyl (C=O) groups is 2. The fraction of sp³-hybridized carbons (Fsp3) is 0.571. The molecule has 1 aliphatic heterocycles. The monoisotopic (exact) mass is 171 g/mol. The summed E-state index contributed by atoms with van der Waals surface area (Å²) in [5, 5.41) is 11.8. The Morgan fingerprint density at radius 2 is 2.42 bits per heavy atom. The molecular formula is C7H9NO4. The number of hydrogen-bond donors (Lipinski definition) is 1. The molecule has 1 rings (SSSR count). The number of rotatable bonds is 3. The molecule has 0 aromatic carbocycles. The third-order valence-electron chi connectivity index (χ3n) is 1.72. The molecule has 1 atom stereocenters. The van der Waals surface area contributed by atoms with Crippen molar-refractivity contribution in [3.8, 4) is 0 Å². The Bertz CT molecular complexity index is 246. The predicted octanol–water partition coefficient (Wildman–Crippen LogP) is 0.400. The van der Waals surface area contributed by atoms with Crippen molar-refractivity contribution in [3.05, 3.63) is 0 Å². The van der Waals surface area contributed by atoms with Crippen LogP contribution < -0.4 is 0 Å². The van der Waals surface area contributed by atoms with Gasteiger partial charge in [0.15, 0.2) is 0 Å². The Morgan fingerprint density at radius 3 is 2.83 bits per heavy atom. The average molecular weight is 171 g/mol. The summed E-state index contributed by atoms with van der Waals surface area (Å²) in [5.74, 6) is -1.82. The van der Waals surface area contributed by atoms with E-state index in [-0.39, 0.29) is 12.8 Å². The minimum absolute atomic E-state index is 0.0351. The van der Waals surface area contributed by atoms with Gasteiger partial charge in [-0.1, -0.05) is 5.16 Å². The standard InChI is InChI=1S/C7H9NO4/c1-4-5(2-3-6(9)10)7(11)12-8-4/h5H,2-3H2,1H3,(H,9,10). The van der Waals surface area contributed by atoms with E-state index in [1.165, 1.54) is 0 Å². The van der Waals surface area contributed by atoms with Crippen LogP contribution in [0.4, 0.5) is 0 Å². The average Bonchev–Trinajstić information content (AvgIpc) is 2.28. The second-order valence-electron chi connectivity index (χ2n) is 2.63. The Morgan fingerprint density at radius 1 is 1.75 bits per heavy atom. The zero-order valence-electron chi connectivity index (χ0n) is 6.61. The van der Waals surface area contributed by atoms with Gasteiger partial charge in [0.25, 0.3) is 0 Å². The van der Waals surface area contributed by atoms with E-state index < -0.39 is 17.9 Å². The molecule has 0 saturated carbocycles. The van der Waals surface area contributed by atoms with Crippen LogP contribution in [0.25, 0.3) is 0 Å². The van der Waals surface area contributed by atoms with Gasteiger partial charge in [-0.15, -0.1) is 0 Å². The van der Waals surface area contributed by atoms with Crippen molar-refractivity contribution in [2.24, 2.45) is 11.1 Å². The Labute approximate surface area is 69.0 Å². The maximum Gasteiger partial charge on any atom is 0.343 e. The topological polar surface area (TPSA) is 76.0 Å². The molecule has 5 heteroatoms. The number of carbonyl (C=O) groups excluding carboxylic acids is 1. The van der Waals surface area contributed by atoms with Gasteiger partial charge in [-0.2, -0.15) is 0 Å². The van der Waals surface area contributed by atoms with Gasteiger partial charge in [-0.3, -0.25) is 4.79 Å². The van der Waals surface area contributed by atoms with Crippen LogP contribution in [0.2, 0.25) is 0 Å². The second kappa shape index (κ2) is 3.34. The molecule has 0 aromatic rings. The Kier molecular flexibility index (Phi) is 2.42. The predicted molar refractivity (Wildman–Crippen MR) is 39.6 cm³/mol. The molecule has 1 aliphatic rings. The van der Waals surface area contributed by atoms with Gasteiger partial charge < -0.3 is 9.94 Å². The number of carboxylic acids is 1. The zero-order valence-corrected chi connectivity index (χ0v) is 6.61. The largest absolute Gasteiger partial charge is 0.481 e. The third kappa shape index (κ3) is 1.81. The van der Waals surface area contributed by atoms with Crippen molar-refractivity contribution in [2.45, 2.75) is 19.8 Å². The first-order valence-corrected chi connectivity index (χ1v) is 3.58. The van der Waals surface area contributed by atoms with Gasteiger partial charge in [0.2, 0.25) is 0 Å². The van der Waals surface area contributed by atoms with Crippen LogP contribution >= 0.6 is 0 Å². The summed E-state index contributed by atoms with van der Waals surface area (Å²) in [6, 6.07) is 0. The highest BCUT2D eigenvalue weighted by Gasteiger charge is 2.29. The number of hydrogen-bond acceptors (Lipinski definition) is 4. The van der Waals surface area contributed by atoms with Crippen LogP contribution in [0, 0.1) is 5.92 Å². The smallest absolute Gasteiger partial charge is 0.343 e. The van der Waals surface area contributed by atoms with E-state index >= 15 is 0 Å². The molecule has 0 fully saturated rings. The summed E-state index contributed by atoms with van der Waals surface area (Å²) in [6.07, 6.45) is 0.232. The highest BCUT2D eigenvalue weighted by molar-refractivity contribution is 6.03. The summed E-state index contributed by atoms with van der Waals surface area (Å²) in [4.78, 5) is 25.4. The van der Waals surface area contributed by atoms with Crippen LogP contribution in [0.1, 0.15) is 19.8 Å². The molecule has 1 N–H and O–H groups in total. The van der Waals surface area contributed by atoms with Crippen LogP contribution in [0.5, 0.6) is 0 Å². The van der Waals surface area contributed by atoms with Crippen molar-refractivity contribution in [3.63, 3.8) is 0 Å². The first-order chi connectivity index (χ1) is 5.61. The van der Waals surface area contributed by atoms with E-state index in [0.717, 1.165) is 0 Å². The number of oxime groups is 1. The Hall–Kier alpha value is -1.39. The van der Waals surface area contributed by atoms with Crippen LogP contribution in [0.3, 0.4) is 0 Å². The fourth-order valence-electron chi connectivity index (χ4n) is 1.01. The van der Waals surface area contributed by atoms with E-state index in [1.54, 1.807) is 6.92 Å². The quantitative estimate of drug-likeness (QED) is 0.623. The van der Waals surface area contributed by atoms with Crippen LogP contribution in [-0.2, 0) is 14.4 Å². The highest BCUT2D eigenvalue weighted by atomic mass is 16.7. The van der Waals surface area contributed by atoms with E-state index in [4.69, 9.17) is 5.11 Å². The van der Waals surface area contributed by atoms with E-state index in [2.05, 4.69) is 9.99 Å². The fourth-order valence-corrected chi connectivity index (χ4v) is 1.01. The summed E-state index contributed by atoms with van der Waals surface area (Å²) in [7, 11) is 0. The van der Waals surface area contributed by atoms with Gasteiger partial charge in [0.1, 0.15) is 5.92 Å². The van der Waals surface area contributed by atoms with Gasteiger partial charge in [-0.05, 0) is 13.3 Å². The second-order valence-corrected chi connectivity index (χ2v) is 2.63. The maximum absolute atomic E-state index is 10.9. The lowest BCUT2D eigenvalue weighted by molar-refractivity contribution is -0.144. The summed E-state index contributed by atoms with van der Waals surface area (Å²) >= 11 is 0. The van der Waals surface area contributed by atoms with Crippen molar-refractivity contribution >= 4 is 17.7 Å². The molecule has 0 spiro atoms. The van der Waals surface area contributed by atoms with Gasteiger partial charge in [-0.25, -0.2) is 4.79 Å². The molecule has 0 aromatic heterocycles. The number of nitrogens with zero attached hydrogens (tertiary/aromatic N) is 1. The molecule has 12 heavy (non-hydrogen) atoms. The highest BCUT2D eigenvalue weighted by Crippen LogP contribution is 2.17. The zero-order chi connectivity index (χ0) is 9.14. The molecule has 0 radical (unpaired) electrons. The SMILES string of the molecule is CC1=NOC(=O)C1CCC(=O)O. The molecule has 0 aliphatic carbocycles. The van der Waals surface area contributed by atoms with Crippen molar-refractivity contribution in [1.82, 2.24) is 0 Å². The molecule has 5 nitrogen and oxygen atoms in total. The molecule has 0 bridgehead atoms. The number of carboxylic acid groups (broad SMARTS) is 1. The molecule has 1 heterocycles. The first-order valence-electron chi connectivity index (χ1n) is 3.58. The van der Waals surface area contributed by atoms with Crippen molar-refractivity contribution < 1.29 is 19.5 Å². The summed E-state index contributed by atoms with van der Waals surface area (Å²) < 4.78 is 0. The van der Waals surface area contributed by atoms with Gasteiger partial charge in [0, 0.05) is 6.42 Å². The lowest BCUT2D eigenvalue weighted by atomic mass is 10.00. The van der Waals surface area contributed by atoms with Crippen LogP contribution in [0.15, 0.2) is 5.16 Å². The normalized spacial score (nSPS) is 21.9. The summed E-state index contributed by atoms with van der Waals surface area (Å²) in [6.45, 7) is 1.65. The molecule has 1 unspecified atom stereocenters. The van der Waals surface area contributed by atoms with E-state index in [9.17, 15) is 9.59 Å². The molecule has 0 amide bonds. The van der Waals surface area contributed by atoms with E-state index in [0.29, 0.717) is 5.71 Å². The lowest BCUT2D eigenvalue weighted by Gasteiger charge is -2.01. The third-order valence-corrected chi connectivity index (χ3v) is 1.72. The number of aliphatic carboxylic acids is 1.